The van der Waals surface area contributed by atoms with Gasteiger partial charge in [-0.25, -0.2) is 4.79 Å². The number of ketones is 1. The van der Waals surface area contributed by atoms with Gasteiger partial charge >= 0.3 is 12.1 Å². The number of alkyl halides is 3. The molecule has 0 saturated carbocycles. The molecular formula is C29H22F3O3P. The monoisotopic (exact) mass is 506 g/mol. The van der Waals surface area contributed by atoms with Crippen LogP contribution in [0, 0.1) is 0 Å². The Balaban J connectivity index is 2.12. The number of ether oxygens (including phenoxy) is 1. The summed E-state index contributed by atoms with van der Waals surface area (Å²) >= 11 is 0. The number of rotatable bonds is 7. The van der Waals surface area contributed by atoms with Gasteiger partial charge in [-0.3, -0.25) is 4.79 Å². The Hall–Kier alpha value is -3.89. The molecule has 4 rings (SSSR count). The summed E-state index contributed by atoms with van der Waals surface area (Å²) in [5.74, 6) is -3.49. The van der Waals surface area contributed by atoms with Gasteiger partial charge in [0.2, 0.25) is 0 Å². The van der Waals surface area contributed by atoms with Crippen molar-refractivity contribution in [1.82, 2.24) is 0 Å². The fourth-order valence-corrected chi connectivity index (χ4v) is 8.39. The number of carbonyl (C=O) groups is 2. The molecule has 0 unspecified atom stereocenters. The van der Waals surface area contributed by atoms with Crippen LogP contribution >= 0.6 is 6.89 Å². The first-order valence-corrected chi connectivity index (χ1v) is 12.9. The van der Waals surface area contributed by atoms with Crippen LogP contribution in [0.4, 0.5) is 13.2 Å². The van der Waals surface area contributed by atoms with E-state index in [1.165, 1.54) is 0 Å². The van der Waals surface area contributed by atoms with Gasteiger partial charge in [0.15, 0.2) is 0 Å². The van der Waals surface area contributed by atoms with Crippen LogP contribution in [0.1, 0.15) is 5.56 Å². The van der Waals surface area contributed by atoms with E-state index in [-0.39, 0.29) is 6.61 Å². The third-order valence-corrected chi connectivity index (χ3v) is 9.92. The number of Topliss-reactive ketones (excluding diaryl/α,β-unsaturated/α-hetero) is 1. The van der Waals surface area contributed by atoms with E-state index < -0.39 is 30.1 Å². The molecule has 0 aliphatic heterocycles. The summed E-state index contributed by atoms with van der Waals surface area (Å²) < 4.78 is 47.8. The van der Waals surface area contributed by atoms with Gasteiger partial charge in [-0.05, 0) is 28.4 Å². The van der Waals surface area contributed by atoms with Crippen molar-refractivity contribution in [2.75, 3.05) is 0 Å². The zero-order valence-electron chi connectivity index (χ0n) is 19.1. The van der Waals surface area contributed by atoms with Crippen LogP contribution in [-0.2, 0) is 20.9 Å². The minimum Gasteiger partial charge on any atom is -0.457 e. The van der Waals surface area contributed by atoms with Crippen molar-refractivity contribution in [3.8, 4) is 0 Å². The fraction of sp³-hybridized carbons (Fsp3) is 0.0690. The minimum absolute atomic E-state index is 0.271. The van der Waals surface area contributed by atoms with Crippen molar-refractivity contribution < 1.29 is 27.5 Å². The van der Waals surface area contributed by atoms with Gasteiger partial charge < -0.3 is 4.74 Å². The third kappa shape index (κ3) is 5.05. The van der Waals surface area contributed by atoms with Crippen molar-refractivity contribution >= 4 is 39.8 Å². The normalized spacial score (nSPS) is 11.5. The Morgan fingerprint density at radius 3 is 1.33 bits per heavy atom. The molecule has 0 spiro atoms. The van der Waals surface area contributed by atoms with Crippen LogP contribution in [0.3, 0.4) is 0 Å². The summed E-state index contributed by atoms with van der Waals surface area (Å²) in [5.41, 5.74) is 0.590. The molecule has 0 saturated heterocycles. The van der Waals surface area contributed by atoms with Crippen LogP contribution in [0.2, 0.25) is 0 Å². The molecule has 182 valence electrons. The van der Waals surface area contributed by atoms with Crippen molar-refractivity contribution in [2.24, 2.45) is 0 Å². The maximum absolute atomic E-state index is 14.1. The van der Waals surface area contributed by atoms with Gasteiger partial charge in [0.25, 0.3) is 5.78 Å². The lowest BCUT2D eigenvalue weighted by atomic mass is 10.2. The highest BCUT2D eigenvalue weighted by Gasteiger charge is 2.49. The lowest BCUT2D eigenvalue weighted by Crippen LogP contribution is -2.43. The SMILES string of the molecule is O=C(OCc1ccccc1)C(C(=O)C(F)(F)F)=P(c1ccccc1)(c1ccccc1)c1ccccc1. The van der Waals surface area contributed by atoms with Gasteiger partial charge in [-0.15, -0.1) is 0 Å². The topological polar surface area (TPSA) is 43.4 Å². The number of hydrogen-bond acceptors (Lipinski definition) is 3. The van der Waals surface area contributed by atoms with E-state index in [0.717, 1.165) is 0 Å². The number of carbonyl (C=O) groups excluding carboxylic acids is 2. The molecule has 0 aromatic heterocycles. The molecule has 0 amide bonds. The number of hydrogen-bond donors (Lipinski definition) is 0. The van der Waals surface area contributed by atoms with Crippen LogP contribution in [0.25, 0.3) is 0 Å². The number of halogens is 3. The summed E-state index contributed by atoms with van der Waals surface area (Å²) in [6.07, 6.45) is -5.29. The van der Waals surface area contributed by atoms with E-state index in [1.54, 1.807) is 121 Å². The quantitative estimate of drug-likeness (QED) is 0.201. The molecule has 0 bridgehead atoms. The number of esters is 1. The summed E-state index contributed by atoms with van der Waals surface area (Å²) in [4.78, 5) is 26.8. The van der Waals surface area contributed by atoms with Crippen LogP contribution in [0.5, 0.6) is 0 Å². The Bertz CT molecular complexity index is 1280. The zero-order chi connectivity index (χ0) is 25.6. The second-order valence-electron chi connectivity index (χ2n) is 7.91. The molecule has 0 fully saturated rings. The van der Waals surface area contributed by atoms with E-state index >= 15 is 0 Å². The first-order chi connectivity index (χ1) is 17.3. The molecular weight excluding hydrogens is 484 g/mol. The van der Waals surface area contributed by atoms with Gasteiger partial charge in [-0.2, -0.15) is 13.2 Å². The average molecular weight is 506 g/mol. The second kappa shape index (κ2) is 10.8. The van der Waals surface area contributed by atoms with Crippen molar-refractivity contribution in [3.05, 3.63) is 127 Å². The van der Waals surface area contributed by atoms with E-state index in [2.05, 4.69) is 0 Å². The molecule has 0 aliphatic carbocycles. The molecule has 7 heteroatoms. The first kappa shape index (κ1) is 25.2. The largest absolute Gasteiger partial charge is 0.457 e. The second-order valence-corrected chi connectivity index (χ2v) is 11.3. The van der Waals surface area contributed by atoms with E-state index in [1.807, 2.05) is 0 Å². The predicted octanol–water partition coefficient (Wildman–Crippen LogP) is 5.03. The molecule has 0 atom stereocenters. The Kier molecular flexibility index (Phi) is 7.56. The fourth-order valence-electron chi connectivity index (χ4n) is 4.10. The highest BCUT2D eigenvalue weighted by atomic mass is 31.2. The molecule has 4 aromatic rings. The summed E-state index contributed by atoms with van der Waals surface area (Å²) in [7, 11) is 0. The summed E-state index contributed by atoms with van der Waals surface area (Å²) in [6.45, 7) is -3.89. The van der Waals surface area contributed by atoms with Gasteiger partial charge in [0.1, 0.15) is 11.9 Å². The lowest BCUT2D eigenvalue weighted by Gasteiger charge is -2.31. The lowest BCUT2D eigenvalue weighted by molar-refractivity contribution is -0.164. The van der Waals surface area contributed by atoms with Crippen molar-refractivity contribution in [2.45, 2.75) is 12.8 Å². The highest BCUT2D eigenvalue weighted by molar-refractivity contribution is 7.97. The predicted molar refractivity (Wildman–Crippen MR) is 137 cm³/mol. The van der Waals surface area contributed by atoms with Crippen molar-refractivity contribution in [3.63, 3.8) is 0 Å². The van der Waals surface area contributed by atoms with Crippen LogP contribution < -0.4 is 15.9 Å². The highest BCUT2D eigenvalue weighted by Crippen LogP contribution is 2.47. The molecule has 0 heterocycles. The Morgan fingerprint density at radius 2 is 0.972 bits per heavy atom. The number of benzene rings is 4. The molecule has 0 radical (unpaired) electrons. The van der Waals surface area contributed by atoms with Crippen molar-refractivity contribution in [1.29, 1.82) is 0 Å². The maximum Gasteiger partial charge on any atom is 0.455 e. The van der Waals surface area contributed by atoms with Gasteiger partial charge in [0, 0.05) is 0 Å². The molecule has 3 nitrogen and oxygen atoms in total. The molecule has 0 N–H and O–H groups in total. The van der Waals surface area contributed by atoms with Gasteiger partial charge in [-0.1, -0.05) is 121 Å². The average Bonchev–Trinajstić information content (AvgIpc) is 2.91. The Labute approximate surface area is 207 Å². The third-order valence-electron chi connectivity index (χ3n) is 5.64. The summed E-state index contributed by atoms with van der Waals surface area (Å²) in [5, 5.41) is 0.402. The van der Waals surface area contributed by atoms with Crippen LogP contribution in [0.15, 0.2) is 121 Å². The molecule has 4 aromatic carbocycles. The molecule has 0 aliphatic rings. The zero-order valence-corrected chi connectivity index (χ0v) is 20.0. The minimum atomic E-state index is -5.29. The maximum atomic E-state index is 14.1. The van der Waals surface area contributed by atoms with Gasteiger partial charge in [0.05, 0.1) is 0 Å². The summed E-state index contributed by atoms with van der Waals surface area (Å²) in [6, 6.07) is 33.8. The standard InChI is InChI=1S/C29H22F3O3P/c30-29(31,32)27(33)26(28(34)35-21-22-13-5-1-6-14-22)36(23-15-7-2-8-16-23,24-17-9-3-10-18-24)25-19-11-4-12-20-25/h1-20H,21H2. The van der Waals surface area contributed by atoms with E-state index in [0.29, 0.717) is 21.5 Å². The van der Waals surface area contributed by atoms with E-state index in [9.17, 15) is 22.8 Å². The van der Waals surface area contributed by atoms with Crippen LogP contribution in [-0.4, -0.2) is 23.2 Å². The Morgan fingerprint density at radius 1 is 0.611 bits per heavy atom. The van der Waals surface area contributed by atoms with E-state index in [4.69, 9.17) is 4.74 Å². The molecule has 36 heavy (non-hydrogen) atoms. The smallest absolute Gasteiger partial charge is 0.455 e. The first-order valence-electron chi connectivity index (χ1n) is 11.1.